The fourth-order valence-corrected chi connectivity index (χ4v) is 2.34. The molecule has 28 heavy (non-hydrogen) atoms. The minimum absolute atomic E-state index is 0.0248. The number of amides is 1. The summed E-state index contributed by atoms with van der Waals surface area (Å²) in [6.45, 7) is 3.79. The van der Waals surface area contributed by atoms with Crippen LogP contribution in [0.3, 0.4) is 0 Å². The minimum atomic E-state index is -1.06. The molecule has 1 amide bonds. The number of nitrogens with one attached hydrogen (secondary N) is 1. The molecule has 7 heteroatoms. The molecule has 2 rings (SSSR count). The van der Waals surface area contributed by atoms with Crippen molar-refractivity contribution >= 4 is 23.6 Å². The first-order chi connectivity index (χ1) is 13.3. The van der Waals surface area contributed by atoms with Crippen LogP contribution in [0, 0.1) is 11.3 Å². The number of anilines is 1. The SMILES string of the molecule is COc1cc(/C=C(\C#N)C(=O)Nc2ccc(C(=O)O)cc2)ccc1OC(C)C. The van der Waals surface area contributed by atoms with Crippen LogP contribution in [0.2, 0.25) is 0 Å². The van der Waals surface area contributed by atoms with Crippen LogP contribution in [0.25, 0.3) is 6.08 Å². The molecule has 0 unspecified atom stereocenters. The van der Waals surface area contributed by atoms with Crippen molar-refractivity contribution in [3.63, 3.8) is 0 Å². The van der Waals surface area contributed by atoms with Crippen LogP contribution in [0.1, 0.15) is 29.8 Å². The van der Waals surface area contributed by atoms with E-state index >= 15 is 0 Å². The Kier molecular flexibility index (Phi) is 6.77. The van der Waals surface area contributed by atoms with E-state index in [0.29, 0.717) is 22.7 Å². The number of rotatable bonds is 7. The molecule has 0 fully saturated rings. The maximum absolute atomic E-state index is 12.4. The molecule has 0 heterocycles. The molecule has 0 aromatic heterocycles. The summed E-state index contributed by atoms with van der Waals surface area (Å²) in [6, 6.07) is 12.6. The molecule has 0 aliphatic rings. The van der Waals surface area contributed by atoms with E-state index in [-0.39, 0.29) is 17.2 Å². The highest BCUT2D eigenvalue weighted by Gasteiger charge is 2.12. The first kappa shape index (κ1) is 20.5. The summed E-state index contributed by atoms with van der Waals surface area (Å²) in [5.41, 5.74) is 0.974. The number of carboxylic acid groups (broad SMARTS) is 1. The normalized spacial score (nSPS) is 10.9. The number of carbonyl (C=O) groups is 2. The maximum atomic E-state index is 12.4. The lowest BCUT2D eigenvalue weighted by atomic mass is 10.1. The molecule has 0 atom stereocenters. The van der Waals surface area contributed by atoms with Gasteiger partial charge in [-0.3, -0.25) is 4.79 Å². The Morgan fingerprint density at radius 2 is 1.82 bits per heavy atom. The van der Waals surface area contributed by atoms with Gasteiger partial charge in [-0.25, -0.2) is 4.79 Å². The van der Waals surface area contributed by atoms with Crippen LogP contribution < -0.4 is 14.8 Å². The Morgan fingerprint density at radius 3 is 2.36 bits per heavy atom. The van der Waals surface area contributed by atoms with Gasteiger partial charge in [0.15, 0.2) is 11.5 Å². The third-order valence-electron chi connectivity index (χ3n) is 3.62. The summed E-state index contributed by atoms with van der Waals surface area (Å²) >= 11 is 0. The molecule has 2 N–H and O–H groups in total. The number of hydrogen-bond donors (Lipinski definition) is 2. The van der Waals surface area contributed by atoms with E-state index in [1.54, 1.807) is 18.2 Å². The fraction of sp³-hybridized carbons (Fsp3) is 0.190. The van der Waals surface area contributed by atoms with Gasteiger partial charge in [-0.2, -0.15) is 5.26 Å². The zero-order valence-corrected chi connectivity index (χ0v) is 15.7. The van der Waals surface area contributed by atoms with E-state index in [0.717, 1.165) is 0 Å². The van der Waals surface area contributed by atoms with Crippen molar-refractivity contribution in [2.24, 2.45) is 0 Å². The molecule has 2 aromatic carbocycles. The second-order valence-corrected chi connectivity index (χ2v) is 6.08. The number of benzene rings is 2. The Balaban J connectivity index is 2.21. The summed E-state index contributed by atoms with van der Waals surface area (Å²) < 4.78 is 10.9. The van der Waals surface area contributed by atoms with E-state index in [4.69, 9.17) is 14.6 Å². The average Bonchev–Trinajstić information content (AvgIpc) is 2.66. The molecule has 0 saturated heterocycles. The van der Waals surface area contributed by atoms with Gasteiger partial charge in [-0.15, -0.1) is 0 Å². The summed E-state index contributed by atoms with van der Waals surface area (Å²) in [5.74, 6) is -0.609. The van der Waals surface area contributed by atoms with Crippen LogP contribution in [0.4, 0.5) is 5.69 Å². The van der Waals surface area contributed by atoms with Gasteiger partial charge in [-0.1, -0.05) is 6.07 Å². The second-order valence-electron chi connectivity index (χ2n) is 6.08. The van der Waals surface area contributed by atoms with E-state index in [1.807, 2.05) is 19.9 Å². The summed E-state index contributed by atoms with van der Waals surface area (Å²) in [5, 5.41) is 20.8. The number of nitriles is 1. The van der Waals surface area contributed by atoms with Crippen molar-refractivity contribution in [3.8, 4) is 17.6 Å². The van der Waals surface area contributed by atoms with Gasteiger partial charge in [0.05, 0.1) is 18.8 Å². The van der Waals surface area contributed by atoms with E-state index < -0.39 is 11.9 Å². The summed E-state index contributed by atoms with van der Waals surface area (Å²) in [7, 11) is 1.51. The quantitative estimate of drug-likeness (QED) is 0.560. The summed E-state index contributed by atoms with van der Waals surface area (Å²) in [4.78, 5) is 23.2. The van der Waals surface area contributed by atoms with E-state index in [2.05, 4.69) is 5.32 Å². The molecule has 2 aromatic rings. The highest BCUT2D eigenvalue weighted by molar-refractivity contribution is 6.09. The largest absolute Gasteiger partial charge is 0.493 e. The third kappa shape index (κ3) is 5.35. The lowest BCUT2D eigenvalue weighted by molar-refractivity contribution is -0.112. The summed E-state index contributed by atoms with van der Waals surface area (Å²) in [6.07, 6.45) is 1.41. The highest BCUT2D eigenvalue weighted by atomic mass is 16.5. The zero-order valence-electron chi connectivity index (χ0n) is 15.7. The van der Waals surface area contributed by atoms with Crippen LogP contribution in [-0.2, 0) is 4.79 Å². The van der Waals surface area contributed by atoms with Gasteiger partial charge < -0.3 is 19.9 Å². The number of ether oxygens (including phenoxy) is 2. The van der Waals surface area contributed by atoms with Gasteiger partial charge in [0.2, 0.25) is 0 Å². The van der Waals surface area contributed by atoms with Crippen LogP contribution >= 0.6 is 0 Å². The van der Waals surface area contributed by atoms with Gasteiger partial charge in [-0.05, 0) is 61.9 Å². The molecule has 0 aliphatic heterocycles. The monoisotopic (exact) mass is 380 g/mol. The number of carboxylic acids is 1. The van der Waals surface area contributed by atoms with Gasteiger partial charge in [0.1, 0.15) is 11.6 Å². The number of methoxy groups -OCH3 is 1. The molecule has 7 nitrogen and oxygen atoms in total. The highest BCUT2D eigenvalue weighted by Crippen LogP contribution is 2.29. The van der Waals surface area contributed by atoms with E-state index in [1.165, 1.54) is 37.5 Å². The van der Waals surface area contributed by atoms with Gasteiger partial charge in [0, 0.05) is 5.69 Å². The van der Waals surface area contributed by atoms with Crippen molar-refractivity contribution in [1.82, 2.24) is 0 Å². The molecular formula is C21H20N2O5. The Hall–Kier alpha value is -3.79. The van der Waals surface area contributed by atoms with Crippen molar-refractivity contribution in [1.29, 1.82) is 5.26 Å². The second kappa shape index (κ2) is 9.24. The standard InChI is InChI=1S/C21H20N2O5/c1-13(2)28-18-9-4-14(11-19(18)27-3)10-16(12-22)20(24)23-17-7-5-15(6-8-17)21(25)26/h4-11,13H,1-3H3,(H,23,24)(H,25,26)/b16-10+. The third-order valence-corrected chi connectivity index (χ3v) is 3.62. The Bertz CT molecular complexity index is 940. The molecule has 0 saturated carbocycles. The average molecular weight is 380 g/mol. The molecule has 0 bridgehead atoms. The van der Waals surface area contributed by atoms with Crippen LogP contribution in [0.5, 0.6) is 11.5 Å². The lowest BCUT2D eigenvalue weighted by Crippen LogP contribution is -2.13. The lowest BCUT2D eigenvalue weighted by Gasteiger charge is -2.13. The van der Waals surface area contributed by atoms with Gasteiger partial charge in [0.25, 0.3) is 5.91 Å². The first-order valence-corrected chi connectivity index (χ1v) is 8.45. The predicted molar refractivity (Wildman–Crippen MR) is 104 cm³/mol. The molecule has 0 spiro atoms. The van der Waals surface area contributed by atoms with Gasteiger partial charge >= 0.3 is 5.97 Å². The van der Waals surface area contributed by atoms with Crippen molar-refractivity contribution in [2.75, 3.05) is 12.4 Å². The maximum Gasteiger partial charge on any atom is 0.335 e. The molecular weight excluding hydrogens is 360 g/mol. The Labute approximate surface area is 162 Å². The van der Waals surface area contributed by atoms with Crippen molar-refractivity contribution in [3.05, 3.63) is 59.2 Å². The number of hydrogen-bond acceptors (Lipinski definition) is 5. The zero-order chi connectivity index (χ0) is 20.7. The van der Waals surface area contributed by atoms with Crippen molar-refractivity contribution in [2.45, 2.75) is 20.0 Å². The molecule has 0 radical (unpaired) electrons. The topological polar surface area (TPSA) is 109 Å². The van der Waals surface area contributed by atoms with Crippen LogP contribution in [0.15, 0.2) is 48.0 Å². The smallest absolute Gasteiger partial charge is 0.335 e. The molecule has 144 valence electrons. The molecule has 0 aliphatic carbocycles. The number of nitrogens with zero attached hydrogens (tertiary/aromatic N) is 1. The van der Waals surface area contributed by atoms with Crippen LogP contribution in [-0.4, -0.2) is 30.2 Å². The Morgan fingerprint density at radius 1 is 1.14 bits per heavy atom. The number of carbonyl (C=O) groups excluding carboxylic acids is 1. The van der Waals surface area contributed by atoms with Crippen molar-refractivity contribution < 1.29 is 24.2 Å². The van der Waals surface area contributed by atoms with E-state index in [9.17, 15) is 14.9 Å². The fourth-order valence-electron chi connectivity index (χ4n) is 2.34. The number of aromatic carboxylic acids is 1. The predicted octanol–water partition coefficient (Wildman–Crippen LogP) is 3.73. The minimum Gasteiger partial charge on any atom is -0.493 e. The first-order valence-electron chi connectivity index (χ1n) is 8.45.